The summed E-state index contributed by atoms with van der Waals surface area (Å²) in [5.74, 6) is 5.39. The number of rotatable bonds is 2. The minimum Gasteiger partial charge on any atom is -0.410 e. The van der Waals surface area contributed by atoms with Gasteiger partial charge in [-0.3, -0.25) is 4.90 Å². The fraction of sp³-hybridized carbons (Fsp3) is 0.625. The Balaban J connectivity index is 1.99. The highest BCUT2D eigenvalue weighted by atomic mass is 16.5. The first kappa shape index (κ1) is 9.29. The molecule has 0 atom stereocenters. The molecule has 14 heavy (non-hydrogen) atoms. The van der Waals surface area contributed by atoms with E-state index in [-0.39, 0.29) is 0 Å². The summed E-state index contributed by atoms with van der Waals surface area (Å²) in [5, 5.41) is 0. The fourth-order valence-electron chi connectivity index (χ4n) is 1.45. The van der Waals surface area contributed by atoms with Crippen molar-refractivity contribution in [1.82, 2.24) is 9.58 Å². The van der Waals surface area contributed by atoms with E-state index in [9.17, 15) is 4.79 Å². The molecular weight excluding hydrogens is 186 g/mol. The van der Waals surface area contributed by atoms with Crippen molar-refractivity contribution < 1.29 is 9.15 Å². The number of nitrogens with two attached hydrogens (primary N) is 1. The van der Waals surface area contributed by atoms with Gasteiger partial charge in [0.05, 0.1) is 26.0 Å². The molecule has 78 valence electrons. The second-order valence-electron chi connectivity index (χ2n) is 3.26. The Kier molecular flexibility index (Phi) is 2.55. The highest BCUT2D eigenvalue weighted by molar-refractivity contribution is 4.91. The van der Waals surface area contributed by atoms with E-state index in [1.165, 1.54) is 6.20 Å². The Morgan fingerprint density at radius 2 is 2.14 bits per heavy atom. The summed E-state index contributed by atoms with van der Waals surface area (Å²) in [6.07, 6.45) is 1.51. The summed E-state index contributed by atoms with van der Waals surface area (Å²) in [6.45, 7) is 3.79. The average Bonchev–Trinajstić information content (AvgIpc) is 2.47. The molecule has 2 N–H and O–H groups in total. The van der Waals surface area contributed by atoms with Crippen molar-refractivity contribution in [3.8, 4) is 0 Å². The quantitative estimate of drug-likeness (QED) is 0.618. The topological polar surface area (TPSA) is 73.6 Å². The Bertz CT molecular complexity index is 351. The van der Waals surface area contributed by atoms with Crippen molar-refractivity contribution in [2.75, 3.05) is 32.1 Å². The maximum Gasteiger partial charge on any atom is 0.437 e. The molecule has 0 bridgehead atoms. The number of hydrogen-bond donors (Lipinski definition) is 1. The number of morpholine rings is 1. The maximum atomic E-state index is 10.9. The molecule has 0 spiro atoms. The monoisotopic (exact) mass is 199 g/mol. The Morgan fingerprint density at radius 1 is 1.43 bits per heavy atom. The number of ether oxygens (including phenoxy) is 1. The third-order valence-electron chi connectivity index (χ3n) is 2.20. The number of hydrogen-bond acceptors (Lipinski definition) is 5. The van der Waals surface area contributed by atoms with Crippen molar-refractivity contribution in [1.29, 1.82) is 0 Å². The van der Waals surface area contributed by atoms with Gasteiger partial charge in [0, 0.05) is 13.1 Å². The zero-order chi connectivity index (χ0) is 9.97. The largest absolute Gasteiger partial charge is 0.437 e. The summed E-state index contributed by atoms with van der Waals surface area (Å²) in [5.41, 5.74) is 0. The molecule has 1 aliphatic rings. The van der Waals surface area contributed by atoms with Gasteiger partial charge >= 0.3 is 5.76 Å². The second-order valence-corrected chi connectivity index (χ2v) is 3.26. The van der Waals surface area contributed by atoms with Crippen LogP contribution < -0.4 is 11.6 Å². The van der Waals surface area contributed by atoms with Gasteiger partial charge in [0.2, 0.25) is 0 Å². The second kappa shape index (κ2) is 3.85. The van der Waals surface area contributed by atoms with Crippen LogP contribution >= 0.6 is 0 Å². The molecule has 1 aliphatic heterocycles. The molecule has 2 heterocycles. The van der Waals surface area contributed by atoms with E-state index < -0.39 is 5.76 Å². The minimum atomic E-state index is -0.520. The number of aromatic nitrogens is 1. The van der Waals surface area contributed by atoms with Gasteiger partial charge in [0.1, 0.15) is 5.76 Å². The van der Waals surface area contributed by atoms with E-state index in [0.29, 0.717) is 12.3 Å². The van der Waals surface area contributed by atoms with Gasteiger partial charge in [-0.1, -0.05) is 0 Å². The first-order valence-electron chi connectivity index (χ1n) is 4.52. The molecule has 2 rings (SSSR count). The van der Waals surface area contributed by atoms with Gasteiger partial charge in [-0.25, -0.2) is 4.79 Å². The lowest BCUT2D eigenvalue weighted by molar-refractivity contribution is 0.0312. The number of nitrogen functional groups attached to an aromatic ring is 1. The standard InChI is InChI=1S/C8H13N3O3/c9-11-6-7(14-8(11)12)5-10-1-3-13-4-2-10/h6H,1-5,9H2. The average molecular weight is 199 g/mol. The molecule has 0 saturated carbocycles. The van der Waals surface area contributed by atoms with Crippen LogP contribution in [0.25, 0.3) is 0 Å². The van der Waals surface area contributed by atoms with Crippen LogP contribution in [0.15, 0.2) is 15.4 Å². The molecule has 0 aliphatic carbocycles. The normalized spacial score (nSPS) is 18.6. The van der Waals surface area contributed by atoms with E-state index in [1.54, 1.807) is 0 Å². The molecule has 1 aromatic heterocycles. The van der Waals surface area contributed by atoms with Gasteiger partial charge < -0.3 is 15.0 Å². The predicted molar refractivity (Wildman–Crippen MR) is 49.2 cm³/mol. The Labute approximate surface area is 80.8 Å². The van der Waals surface area contributed by atoms with E-state index in [2.05, 4.69) is 4.90 Å². The summed E-state index contributed by atoms with van der Waals surface area (Å²) >= 11 is 0. The summed E-state index contributed by atoms with van der Waals surface area (Å²) in [4.78, 5) is 13.1. The highest BCUT2D eigenvalue weighted by Crippen LogP contribution is 2.04. The SMILES string of the molecule is Nn1cc(CN2CCOCC2)oc1=O. The maximum absolute atomic E-state index is 10.9. The van der Waals surface area contributed by atoms with Crippen molar-refractivity contribution in [2.24, 2.45) is 0 Å². The summed E-state index contributed by atoms with van der Waals surface area (Å²) in [6, 6.07) is 0. The van der Waals surface area contributed by atoms with Gasteiger partial charge in [0.25, 0.3) is 0 Å². The molecule has 1 fully saturated rings. The van der Waals surface area contributed by atoms with Crippen LogP contribution in [0.2, 0.25) is 0 Å². The fourth-order valence-corrected chi connectivity index (χ4v) is 1.45. The van der Waals surface area contributed by atoms with E-state index >= 15 is 0 Å². The molecule has 1 saturated heterocycles. The van der Waals surface area contributed by atoms with Gasteiger partial charge in [-0.05, 0) is 0 Å². The third kappa shape index (κ3) is 1.97. The lowest BCUT2D eigenvalue weighted by atomic mass is 10.4. The molecule has 1 aromatic rings. The van der Waals surface area contributed by atoms with Crippen molar-refractivity contribution >= 4 is 0 Å². The Morgan fingerprint density at radius 3 is 2.71 bits per heavy atom. The molecule has 0 amide bonds. The predicted octanol–water partition coefficient (Wildman–Crippen LogP) is -1.01. The van der Waals surface area contributed by atoms with Gasteiger partial charge in [-0.2, -0.15) is 4.68 Å². The summed E-state index contributed by atoms with van der Waals surface area (Å²) < 4.78 is 11.1. The minimum absolute atomic E-state index is 0.520. The smallest absolute Gasteiger partial charge is 0.410 e. The molecule has 0 aromatic carbocycles. The van der Waals surface area contributed by atoms with Crippen LogP contribution in [0.5, 0.6) is 0 Å². The van der Waals surface area contributed by atoms with Crippen molar-refractivity contribution in [3.63, 3.8) is 0 Å². The molecular formula is C8H13N3O3. The van der Waals surface area contributed by atoms with Crippen LogP contribution in [0, 0.1) is 0 Å². The number of nitrogens with zero attached hydrogens (tertiary/aromatic N) is 2. The third-order valence-corrected chi connectivity index (χ3v) is 2.20. The van der Waals surface area contributed by atoms with Crippen LogP contribution in [0.4, 0.5) is 0 Å². The first-order valence-corrected chi connectivity index (χ1v) is 4.52. The van der Waals surface area contributed by atoms with Gasteiger partial charge in [0.15, 0.2) is 0 Å². The first-order chi connectivity index (χ1) is 6.75. The zero-order valence-electron chi connectivity index (χ0n) is 7.81. The van der Waals surface area contributed by atoms with Gasteiger partial charge in [-0.15, -0.1) is 0 Å². The van der Waals surface area contributed by atoms with E-state index in [1.807, 2.05) is 0 Å². The molecule has 0 radical (unpaired) electrons. The van der Waals surface area contributed by atoms with Crippen molar-refractivity contribution in [2.45, 2.75) is 6.54 Å². The summed E-state index contributed by atoms with van der Waals surface area (Å²) in [7, 11) is 0. The number of oxazole rings is 1. The highest BCUT2D eigenvalue weighted by Gasteiger charge is 2.13. The lowest BCUT2D eigenvalue weighted by Crippen LogP contribution is -2.35. The molecule has 6 heteroatoms. The zero-order valence-corrected chi connectivity index (χ0v) is 7.81. The molecule has 6 nitrogen and oxygen atoms in total. The van der Waals surface area contributed by atoms with E-state index in [0.717, 1.165) is 31.0 Å². The lowest BCUT2D eigenvalue weighted by Gasteiger charge is -2.25. The van der Waals surface area contributed by atoms with Crippen LogP contribution in [-0.4, -0.2) is 35.9 Å². The van der Waals surface area contributed by atoms with Crippen molar-refractivity contribution in [3.05, 3.63) is 22.5 Å². The molecule has 0 unspecified atom stereocenters. The van der Waals surface area contributed by atoms with Crippen LogP contribution in [0.3, 0.4) is 0 Å². The van der Waals surface area contributed by atoms with E-state index in [4.69, 9.17) is 15.0 Å². The Hall–Kier alpha value is -1.27. The van der Waals surface area contributed by atoms with Crippen LogP contribution in [0.1, 0.15) is 5.76 Å². The van der Waals surface area contributed by atoms with Crippen LogP contribution in [-0.2, 0) is 11.3 Å².